The highest BCUT2D eigenvalue weighted by Gasteiger charge is 2.32. The number of benzene rings is 3. The molecule has 1 saturated heterocycles. The van der Waals surface area contributed by atoms with Crippen molar-refractivity contribution in [3.63, 3.8) is 0 Å². The van der Waals surface area contributed by atoms with Crippen molar-refractivity contribution in [1.82, 2.24) is 0 Å². The maximum absolute atomic E-state index is 9.85. The lowest BCUT2D eigenvalue weighted by Gasteiger charge is -2.28. The molecular weight excluding hydrogens is 559 g/mol. The van der Waals surface area contributed by atoms with Crippen LogP contribution in [0.3, 0.4) is 0 Å². The van der Waals surface area contributed by atoms with Crippen LogP contribution in [0.4, 0.5) is 5.00 Å². The number of nitrogens with zero attached hydrogens (tertiary/aromatic N) is 3. The maximum Gasteiger partial charge on any atom is 0.269 e. The second kappa shape index (κ2) is 12.3. The minimum Gasteiger partial charge on any atom is -0.456 e. The fraction of sp³-hybridized carbons (Fsp3) is 0.179. The van der Waals surface area contributed by atoms with Crippen LogP contribution in [0.1, 0.15) is 42.5 Å². The predicted octanol–water partition coefficient (Wildman–Crippen LogP) is 10.3. The van der Waals surface area contributed by atoms with E-state index in [-0.39, 0.29) is 5.70 Å². The van der Waals surface area contributed by atoms with Crippen molar-refractivity contribution in [1.29, 1.82) is 5.26 Å². The van der Waals surface area contributed by atoms with Gasteiger partial charge in [-0.2, -0.15) is 0 Å². The Morgan fingerprint density at radius 1 is 0.818 bits per heavy atom. The average Bonchev–Trinajstić information content (AvgIpc) is 3.68. The van der Waals surface area contributed by atoms with Gasteiger partial charge in [0.2, 0.25) is 0 Å². The third kappa shape index (κ3) is 5.17. The molecule has 0 bridgehead atoms. The summed E-state index contributed by atoms with van der Waals surface area (Å²) in [6, 6.07) is 33.5. The van der Waals surface area contributed by atoms with Gasteiger partial charge in [-0.05, 0) is 66.5 Å². The molecule has 3 aromatic carbocycles. The highest BCUT2D eigenvalue weighted by Crippen LogP contribution is 2.51. The Bertz CT molecular complexity index is 1890. The summed E-state index contributed by atoms with van der Waals surface area (Å²) in [6.07, 6.45) is 9.39. The molecule has 4 nitrogen and oxygen atoms in total. The summed E-state index contributed by atoms with van der Waals surface area (Å²) in [5.74, 6) is 1.45. The molecule has 1 fully saturated rings. The second-order valence-corrected chi connectivity index (χ2v) is 12.3. The number of rotatable bonds is 5. The minimum atomic E-state index is 0.107. The van der Waals surface area contributed by atoms with Crippen LogP contribution in [0, 0.1) is 17.9 Å². The summed E-state index contributed by atoms with van der Waals surface area (Å²) in [6.45, 7) is 9.84. The molecular formula is C39H31N3OS. The van der Waals surface area contributed by atoms with Crippen molar-refractivity contribution in [3.05, 3.63) is 147 Å². The predicted molar refractivity (Wildman–Crippen MR) is 180 cm³/mol. The first-order valence-corrected chi connectivity index (χ1v) is 16.0. The largest absolute Gasteiger partial charge is 0.456 e. The minimum absolute atomic E-state index is 0.107. The van der Waals surface area contributed by atoms with Gasteiger partial charge in [0.05, 0.1) is 12.6 Å². The van der Waals surface area contributed by atoms with E-state index in [0.717, 1.165) is 48.4 Å². The summed E-state index contributed by atoms with van der Waals surface area (Å²) in [7, 11) is 0. The molecule has 7 rings (SSSR count). The van der Waals surface area contributed by atoms with Crippen molar-refractivity contribution in [2.45, 2.75) is 32.1 Å². The topological polar surface area (TPSA) is 40.6 Å². The first-order valence-electron chi connectivity index (χ1n) is 15.2. The van der Waals surface area contributed by atoms with Crippen LogP contribution in [0.2, 0.25) is 0 Å². The first-order chi connectivity index (χ1) is 21.7. The monoisotopic (exact) mass is 589 g/mol. The molecule has 214 valence electrons. The highest BCUT2D eigenvalue weighted by molar-refractivity contribution is 7.18. The number of allylic oxidation sites excluding steroid dienone is 5. The van der Waals surface area contributed by atoms with E-state index in [1.807, 2.05) is 47.7 Å². The Labute approximate surface area is 263 Å². The van der Waals surface area contributed by atoms with E-state index in [1.54, 1.807) is 0 Å². The molecule has 1 aliphatic carbocycles. The quantitative estimate of drug-likeness (QED) is 0.172. The lowest BCUT2D eigenvalue weighted by Crippen LogP contribution is -2.28. The van der Waals surface area contributed by atoms with Gasteiger partial charge in [0.15, 0.2) is 0 Å². The molecule has 1 aromatic heterocycles. The molecule has 44 heavy (non-hydrogen) atoms. The molecule has 0 atom stereocenters. The van der Waals surface area contributed by atoms with Crippen LogP contribution >= 0.6 is 11.3 Å². The van der Waals surface area contributed by atoms with Gasteiger partial charge in [-0.25, -0.2) is 10.1 Å². The van der Waals surface area contributed by atoms with Crippen molar-refractivity contribution in [3.8, 4) is 28.3 Å². The number of anilines is 1. The smallest absolute Gasteiger partial charge is 0.269 e. The number of hydrogen-bond acceptors (Lipinski definition) is 4. The number of hydrogen-bond donors (Lipinski definition) is 0. The third-order valence-corrected chi connectivity index (χ3v) is 9.74. The number of thiophene rings is 1. The van der Waals surface area contributed by atoms with E-state index in [0.29, 0.717) is 11.3 Å². The Kier molecular flexibility index (Phi) is 7.72. The van der Waals surface area contributed by atoms with Gasteiger partial charge in [-0.3, -0.25) is 0 Å². The summed E-state index contributed by atoms with van der Waals surface area (Å²) in [5.41, 5.74) is 8.71. The van der Waals surface area contributed by atoms with Crippen molar-refractivity contribution in [2.75, 3.05) is 18.0 Å². The molecule has 0 radical (unpaired) electrons. The molecule has 0 amide bonds. The molecule has 0 saturated carbocycles. The molecule has 4 aromatic rings. The van der Waals surface area contributed by atoms with Crippen LogP contribution in [0.5, 0.6) is 0 Å². The van der Waals surface area contributed by atoms with Crippen molar-refractivity contribution < 1.29 is 4.74 Å². The molecule has 5 heteroatoms. The second-order valence-electron chi connectivity index (χ2n) is 11.2. The number of ether oxygens (including phenoxy) is 1. The van der Waals surface area contributed by atoms with E-state index in [4.69, 9.17) is 11.3 Å². The molecule has 0 unspecified atom stereocenters. The molecule has 3 aliphatic rings. The van der Waals surface area contributed by atoms with Crippen LogP contribution in [-0.4, -0.2) is 13.1 Å². The van der Waals surface area contributed by atoms with Crippen LogP contribution in [0.15, 0.2) is 125 Å². The van der Waals surface area contributed by atoms with Gasteiger partial charge < -0.3 is 9.64 Å². The van der Waals surface area contributed by atoms with E-state index >= 15 is 0 Å². The zero-order valence-corrected chi connectivity index (χ0v) is 25.2. The molecule has 3 heterocycles. The average molecular weight is 590 g/mol. The summed E-state index contributed by atoms with van der Waals surface area (Å²) in [4.78, 5) is 7.37. The van der Waals surface area contributed by atoms with Crippen LogP contribution in [-0.2, 0) is 4.74 Å². The van der Waals surface area contributed by atoms with Crippen molar-refractivity contribution >= 4 is 28.2 Å². The Hall–Kier alpha value is -5.10. The van der Waals surface area contributed by atoms with Crippen molar-refractivity contribution in [2.24, 2.45) is 0 Å². The standard InChI is InChI=1S/C39H31N3OS/c1-41-33(26-40)32-25-34(27-14-6-2-7-15-27)43-38-30(20-21-31(32)38)24-35-36(28-16-8-3-9-17-28)37(29-18-10-4-11-19-29)39(44-35)42-22-12-5-13-23-42/h2-4,6-11,14-19,24-25H,5,12-13,20-23H2/b30-24+,33-32+. The maximum atomic E-state index is 9.85. The van der Waals surface area contributed by atoms with Gasteiger partial charge in [-0.1, -0.05) is 91.0 Å². The third-order valence-electron chi connectivity index (χ3n) is 8.54. The van der Waals surface area contributed by atoms with E-state index in [2.05, 4.69) is 82.6 Å². The van der Waals surface area contributed by atoms with Gasteiger partial charge in [0.25, 0.3) is 5.70 Å². The number of nitriles is 1. The number of piperidine rings is 1. The van der Waals surface area contributed by atoms with E-state index < -0.39 is 0 Å². The van der Waals surface area contributed by atoms with Crippen LogP contribution in [0.25, 0.3) is 38.9 Å². The lowest BCUT2D eigenvalue weighted by atomic mass is 9.94. The molecule has 0 spiro atoms. The SMILES string of the molecule is [C-]#[N+]/C(C#N)=C1\C=C(c2ccccc2)OC2=C1CC/C2=C\c1sc(N2CCCCC2)c(-c2ccccc2)c1-c1ccccc1. The highest BCUT2D eigenvalue weighted by atomic mass is 32.1. The van der Waals surface area contributed by atoms with E-state index in [1.165, 1.54) is 51.4 Å². The van der Waals surface area contributed by atoms with E-state index in [9.17, 15) is 5.26 Å². The van der Waals surface area contributed by atoms with Crippen LogP contribution < -0.4 is 4.90 Å². The zero-order chi connectivity index (χ0) is 29.9. The fourth-order valence-corrected chi connectivity index (χ4v) is 7.81. The first kappa shape index (κ1) is 27.7. The Balaban J connectivity index is 1.43. The normalized spacial score (nSPS) is 18.3. The van der Waals surface area contributed by atoms with Gasteiger partial charge in [-0.15, -0.1) is 11.3 Å². The van der Waals surface area contributed by atoms with Gasteiger partial charge in [0.1, 0.15) is 16.5 Å². The summed E-state index contributed by atoms with van der Waals surface area (Å²) >= 11 is 1.87. The fourth-order valence-electron chi connectivity index (χ4n) is 6.44. The lowest BCUT2D eigenvalue weighted by molar-refractivity contribution is 0.388. The Morgan fingerprint density at radius 3 is 2.05 bits per heavy atom. The molecule has 2 aliphatic heterocycles. The van der Waals surface area contributed by atoms with Gasteiger partial charge in [0, 0.05) is 40.2 Å². The summed E-state index contributed by atoms with van der Waals surface area (Å²) in [5, 5.41) is 11.2. The van der Waals surface area contributed by atoms with Gasteiger partial charge >= 0.3 is 0 Å². The molecule has 0 N–H and O–H groups in total. The Morgan fingerprint density at radius 2 is 1.43 bits per heavy atom. The zero-order valence-electron chi connectivity index (χ0n) is 24.4. The summed E-state index contributed by atoms with van der Waals surface area (Å²) < 4.78 is 6.65.